The van der Waals surface area contributed by atoms with E-state index in [-0.39, 0.29) is 0 Å². The van der Waals surface area contributed by atoms with Crippen molar-refractivity contribution in [1.29, 1.82) is 0 Å². The van der Waals surface area contributed by atoms with E-state index >= 15 is 0 Å². The second-order valence-electron chi connectivity index (χ2n) is 10.1. The van der Waals surface area contributed by atoms with Gasteiger partial charge in [0.25, 0.3) is 0 Å². The van der Waals surface area contributed by atoms with E-state index in [1.165, 1.54) is 101 Å². The Morgan fingerprint density at radius 3 is 1.26 bits per heavy atom. The molecule has 4 bridgehead atoms. The van der Waals surface area contributed by atoms with Gasteiger partial charge in [-0.1, -0.05) is 0 Å². The highest BCUT2D eigenvalue weighted by Crippen LogP contribution is 2.31. The van der Waals surface area contributed by atoms with Gasteiger partial charge in [0, 0.05) is 50.4 Å². The van der Waals surface area contributed by atoms with Gasteiger partial charge in [-0.2, -0.15) is 0 Å². The number of fused-ring (bicyclic) bond motifs is 6. The fraction of sp³-hybridized carbons (Fsp3) is 0.739. The quantitative estimate of drug-likeness (QED) is 0.747. The van der Waals surface area contributed by atoms with E-state index in [1.54, 1.807) is 27.8 Å². The average Bonchev–Trinajstić information content (AvgIpc) is 2.72. The van der Waals surface area contributed by atoms with Crippen LogP contribution in [0, 0.1) is 20.8 Å². The second-order valence-corrected chi connectivity index (χ2v) is 10.1. The van der Waals surface area contributed by atoms with Crippen molar-refractivity contribution in [3.05, 3.63) is 33.9 Å². The molecule has 0 spiro atoms. The molecular formula is C23H38N4+2. The summed E-state index contributed by atoms with van der Waals surface area (Å²) in [4.78, 5) is 5.31. The molecule has 0 saturated carbocycles. The van der Waals surface area contributed by atoms with E-state index in [0.717, 1.165) is 0 Å². The first-order chi connectivity index (χ1) is 13.0. The molecule has 6 heterocycles. The number of quaternary nitrogens is 2. The van der Waals surface area contributed by atoms with Crippen LogP contribution in [-0.2, 0) is 13.1 Å². The maximum atomic E-state index is 2.66. The Labute approximate surface area is 165 Å². The Kier molecular flexibility index (Phi) is 4.39. The molecule has 0 amide bonds. The van der Waals surface area contributed by atoms with Gasteiger partial charge < -0.3 is 8.97 Å². The van der Waals surface area contributed by atoms with Gasteiger partial charge in [-0.05, 0) is 43.5 Å². The van der Waals surface area contributed by atoms with Gasteiger partial charge in [0.15, 0.2) is 0 Å². The molecule has 6 fully saturated rings. The summed E-state index contributed by atoms with van der Waals surface area (Å²) in [6, 6.07) is 2.64. The topological polar surface area (TPSA) is 6.48 Å². The van der Waals surface area contributed by atoms with Gasteiger partial charge in [0.05, 0.1) is 39.3 Å². The number of piperazine rings is 6. The highest BCUT2D eigenvalue weighted by Gasteiger charge is 2.40. The maximum absolute atomic E-state index is 2.66. The molecule has 4 heteroatoms. The number of hydrogen-bond donors (Lipinski definition) is 0. The van der Waals surface area contributed by atoms with Crippen LogP contribution in [0.25, 0.3) is 0 Å². The third-order valence-electron chi connectivity index (χ3n) is 8.79. The third-order valence-corrected chi connectivity index (χ3v) is 8.79. The monoisotopic (exact) mass is 370 g/mol. The van der Waals surface area contributed by atoms with Crippen molar-refractivity contribution >= 4 is 0 Å². The Morgan fingerprint density at radius 2 is 0.926 bits per heavy atom. The number of hydrogen-bond acceptors (Lipinski definition) is 2. The molecular weight excluding hydrogens is 332 g/mol. The average molecular weight is 371 g/mol. The van der Waals surface area contributed by atoms with E-state index in [4.69, 9.17) is 0 Å². The lowest BCUT2D eigenvalue weighted by Gasteiger charge is -2.51. The minimum absolute atomic E-state index is 1.27. The molecule has 148 valence electrons. The minimum Gasteiger partial charge on any atom is -0.317 e. The van der Waals surface area contributed by atoms with Crippen molar-refractivity contribution in [2.24, 2.45) is 0 Å². The lowest BCUT2D eigenvalue weighted by molar-refractivity contribution is -0.954. The Morgan fingerprint density at radius 1 is 0.593 bits per heavy atom. The van der Waals surface area contributed by atoms with Gasteiger partial charge in [-0.3, -0.25) is 9.80 Å². The first-order valence-electron chi connectivity index (χ1n) is 11.2. The maximum Gasteiger partial charge on any atom is 0.105 e. The van der Waals surface area contributed by atoms with Crippen LogP contribution in [0.3, 0.4) is 0 Å². The molecule has 1 aromatic carbocycles. The summed E-state index contributed by atoms with van der Waals surface area (Å²) in [6.45, 7) is 25.7. The van der Waals surface area contributed by atoms with E-state index in [0.29, 0.717) is 0 Å². The summed E-state index contributed by atoms with van der Waals surface area (Å²) in [5, 5.41) is 0. The minimum atomic E-state index is 1.27. The summed E-state index contributed by atoms with van der Waals surface area (Å²) in [5.74, 6) is 0. The molecule has 0 atom stereocenters. The van der Waals surface area contributed by atoms with Crippen LogP contribution < -0.4 is 0 Å². The van der Waals surface area contributed by atoms with Crippen LogP contribution in [0.1, 0.15) is 27.8 Å². The lowest BCUT2D eigenvalue weighted by Crippen LogP contribution is -2.66. The van der Waals surface area contributed by atoms with Crippen LogP contribution in [0.2, 0.25) is 0 Å². The SMILES string of the molecule is Cc1c(C[N+]23CCN(CC2)CC3)cc(C[N+]23CCN(CC2)CC3)c(C)c1C. The van der Waals surface area contributed by atoms with Crippen LogP contribution >= 0.6 is 0 Å². The van der Waals surface area contributed by atoms with Crippen LogP contribution in [0.4, 0.5) is 0 Å². The molecule has 0 N–H and O–H groups in total. The molecule has 0 radical (unpaired) electrons. The number of benzene rings is 1. The van der Waals surface area contributed by atoms with Gasteiger partial charge in [-0.25, -0.2) is 0 Å². The molecule has 4 nitrogen and oxygen atoms in total. The van der Waals surface area contributed by atoms with Crippen LogP contribution in [-0.4, -0.2) is 97.3 Å². The molecule has 27 heavy (non-hydrogen) atoms. The molecule has 6 saturated heterocycles. The first kappa shape index (κ1) is 18.1. The standard InChI is InChI=1S/C23H38N4/c1-19-20(2)22(17-26-10-4-24(5-11-26)6-12-26)16-23(21(19)3)18-27-13-7-25(8-14-27)9-15-27/h16H,4-15,17-18H2,1-3H3/q+2. The van der Waals surface area contributed by atoms with Gasteiger partial charge in [-0.15, -0.1) is 0 Å². The van der Waals surface area contributed by atoms with Crippen molar-refractivity contribution in [2.45, 2.75) is 33.9 Å². The van der Waals surface area contributed by atoms with Crippen molar-refractivity contribution in [3.8, 4) is 0 Å². The Balaban J connectivity index is 1.44. The van der Waals surface area contributed by atoms with E-state index in [9.17, 15) is 0 Å². The number of rotatable bonds is 4. The third kappa shape index (κ3) is 3.15. The smallest absolute Gasteiger partial charge is 0.105 e. The Bertz CT molecular complexity index is 639. The largest absolute Gasteiger partial charge is 0.317 e. The predicted octanol–water partition coefficient (Wildman–Crippen LogP) is 1.90. The van der Waals surface area contributed by atoms with Crippen LogP contribution in [0.5, 0.6) is 0 Å². The predicted molar refractivity (Wildman–Crippen MR) is 111 cm³/mol. The van der Waals surface area contributed by atoms with Crippen LogP contribution in [0.15, 0.2) is 6.07 Å². The molecule has 0 aliphatic carbocycles. The summed E-state index contributed by atoms with van der Waals surface area (Å²) in [7, 11) is 0. The molecule has 0 aromatic heterocycles. The molecule has 6 aliphatic rings. The summed E-state index contributed by atoms with van der Waals surface area (Å²) < 4.78 is 2.68. The van der Waals surface area contributed by atoms with Crippen molar-refractivity contribution in [1.82, 2.24) is 9.80 Å². The van der Waals surface area contributed by atoms with E-state index < -0.39 is 0 Å². The summed E-state index contributed by atoms with van der Waals surface area (Å²) in [5.41, 5.74) is 8.00. The summed E-state index contributed by atoms with van der Waals surface area (Å²) >= 11 is 0. The van der Waals surface area contributed by atoms with Crippen molar-refractivity contribution in [3.63, 3.8) is 0 Å². The number of nitrogens with zero attached hydrogens (tertiary/aromatic N) is 4. The van der Waals surface area contributed by atoms with Gasteiger partial charge in [0.1, 0.15) is 13.1 Å². The van der Waals surface area contributed by atoms with E-state index in [1.807, 2.05) is 0 Å². The molecule has 7 rings (SSSR count). The molecule has 6 aliphatic heterocycles. The fourth-order valence-electron chi connectivity index (χ4n) is 6.18. The van der Waals surface area contributed by atoms with Crippen molar-refractivity contribution < 1.29 is 8.97 Å². The van der Waals surface area contributed by atoms with Gasteiger partial charge >= 0.3 is 0 Å². The lowest BCUT2D eigenvalue weighted by atomic mass is 9.91. The first-order valence-corrected chi connectivity index (χ1v) is 11.2. The van der Waals surface area contributed by atoms with Gasteiger partial charge in [0.2, 0.25) is 0 Å². The van der Waals surface area contributed by atoms with E-state index in [2.05, 4.69) is 36.6 Å². The zero-order valence-electron chi connectivity index (χ0n) is 17.8. The normalized spacial score (nSPS) is 37.7. The highest BCUT2D eigenvalue weighted by molar-refractivity contribution is 5.44. The zero-order chi connectivity index (χ0) is 18.6. The van der Waals surface area contributed by atoms with Crippen molar-refractivity contribution in [2.75, 3.05) is 78.5 Å². The zero-order valence-corrected chi connectivity index (χ0v) is 17.8. The summed E-state index contributed by atoms with van der Waals surface area (Å²) in [6.07, 6.45) is 0. The fourth-order valence-corrected chi connectivity index (χ4v) is 6.18. The molecule has 0 unspecified atom stereocenters. The second kappa shape index (κ2) is 6.55. The highest BCUT2D eigenvalue weighted by atomic mass is 15.5. The molecule has 1 aromatic rings. The Hall–Kier alpha value is -0.940.